The molecule has 12 nitrogen and oxygen atoms in total. The molecule has 0 amide bonds. The van der Waals surface area contributed by atoms with Crippen molar-refractivity contribution >= 4 is 31.0 Å². The van der Waals surface area contributed by atoms with E-state index in [2.05, 4.69) is 4.90 Å². The molecule has 0 fully saturated rings. The average molecular weight is 627 g/mol. The fourth-order valence-electron chi connectivity index (χ4n) is 4.01. The first kappa shape index (κ1) is 32.7. The molecule has 1 aromatic heterocycles. The fourth-order valence-corrected chi connectivity index (χ4v) is 4.87. The Labute approximate surface area is 255 Å². The maximum atomic E-state index is 13.5. The molecular formula is C31H35N2O10P. The minimum atomic E-state index is -4.45. The zero-order valence-electron chi connectivity index (χ0n) is 24.5. The summed E-state index contributed by atoms with van der Waals surface area (Å²) in [5.74, 6) is 0. The van der Waals surface area contributed by atoms with E-state index < -0.39 is 33.7 Å². The minimum absolute atomic E-state index is 0.0277. The molecule has 0 aliphatic carbocycles. The molecule has 4 rings (SSSR count). The lowest BCUT2D eigenvalue weighted by molar-refractivity contribution is -0.0441. The Morgan fingerprint density at radius 3 is 1.77 bits per heavy atom. The van der Waals surface area contributed by atoms with E-state index in [1.54, 1.807) is 53.1 Å². The SMILES string of the molecule is CN(C)CCc1cn(COP(=O)(OCOC(=O)OCc2ccccc2)OCOC(=O)OCc2ccccc2)c2ccccc12. The zero-order valence-corrected chi connectivity index (χ0v) is 25.4. The highest BCUT2D eigenvalue weighted by Gasteiger charge is 2.29. The predicted molar refractivity (Wildman–Crippen MR) is 160 cm³/mol. The van der Waals surface area contributed by atoms with E-state index >= 15 is 0 Å². The van der Waals surface area contributed by atoms with Crippen LogP contribution in [0, 0.1) is 0 Å². The van der Waals surface area contributed by atoms with Gasteiger partial charge in [0.2, 0.25) is 13.6 Å². The van der Waals surface area contributed by atoms with Crippen molar-refractivity contribution in [1.82, 2.24) is 9.47 Å². The number of rotatable bonds is 16. The number of benzene rings is 3. The summed E-state index contributed by atoms with van der Waals surface area (Å²) >= 11 is 0. The Morgan fingerprint density at radius 2 is 1.23 bits per heavy atom. The van der Waals surface area contributed by atoms with Crippen LogP contribution in [-0.2, 0) is 63.4 Å². The van der Waals surface area contributed by atoms with Crippen LogP contribution in [0.1, 0.15) is 16.7 Å². The molecule has 0 aliphatic heterocycles. The maximum Gasteiger partial charge on any atom is 0.510 e. The van der Waals surface area contributed by atoms with E-state index in [0.29, 0.717) is 0 Å². The third kappa shape index (κ3) is 10.5. The van der Waals surface area contributed by atoms with Crippen LogP contribution in [0.15, 0.2) is 91.1 Å². The Kier molecular flexibility index (Phi) is 12.3. The van der Waals surface area contributed by atoms with Crippen molar-refractivity contribution in [3.63, 3.8) is 0 Å². The quantitative estimate of drug-likeness (QED) is 0.0771. The van der Waals surface area contributed by atoms with E-state index in [1.807, 2.05) is 56.7 Å². The van der Waals surface area contributed by atoms with E-state index in [0.717, 1.165) is 40.6 Å². The number of hydrogen-bond acceptors (Lipinski definition) is 11. The van der Waals surface area contributed by atoms with Crippen LogP contribution < -0.4 is 0 Å². The number of likely N-dealkylation sites (N-methyl/N-ethyl adjacent to an activating group) is 1. The normalized spacial score (nSPS) is 11.4. The summed E-state index contributed by atoms with van der Waals surface area (Å²) in [6.45, 7) is -1.10. The summed E-state index contributed by atoms with van der Waals surface area (Å²) < 4.78 is 51.1. The molecule has 0 radical (unpaired) electrons. The third-order valence-electron chi connectivity index (χ3n) is 6.23. The first-order valence-electron chi connectivity index (χ1n) is 13.7. The number of ether oxygens (including phenoxy) is 4. The summed E-state index contributed by atoms with van der Waals surface area (Å²) in [5.41, 5.74) is 3.42. The molecule has 3 aromatic carbocycles. The molecule has 0 spiro atoms. The molecule has 0 unspecified atom stereocenters. The van der Waals surface area contributed by atoms with Crippen molar-refractivity contribution in [2.45, 2.75) is 26.4 Å². The van der Waals surface area contributed by atoms with E-state index in [4.69, 9.17) is 32.5 Å². The second-order valence-corrected chi connectivity index (χ2v) is 11.4. The number of aromatic nitrogens is 1. The lowest BCUT2D eigenvalue weighted by Gasteiger charge is -2.18. The number of carbonyl (C=O) groups is 2. The van der Waals surface area contributed by atoms with Gasteiger partial charge in [0.15, 0.2) is 0 Å². The first-order valence-corrected chi connectivity index (χ1v) is 15.2. The van der Waals surface area contributed by atoms with Gasteiger partial charge in [-0.2, -0.15) is 0 Å². The Balaban J connectivity index is 1.35. The van der Waals surface area contributed by atoms with Crippen LogP contribution >= 0.6 is 7.82 Å². The molecule has 0 saturated carbocycles. The number of para-hydroxylation sites is 1. The summed E-state index contributed by atoms with van der Waals surface area (Å²) in [4.78, 5) is 26.2. The molecule has 234 valence electrons. The molecule has 1 heterocycles. The molecule has 44 heavy (non-hydrogen) atoms. The van der Waals surface area contributed by atoms with E-state index in [1.165, 1.54) is 0 Å². The van der Waals surface area contributed by atoms with Crippen LogP contribution in [0.25, 0.3) is 10.9 Å². The van der Waals surface area contributed by atoms with E-state index in [9.17, 15) is 14.2 Å². The standard InChI is InChI=1S/C31H35N2O10P/c1-32(2)18-17-27-19-33(29-16-10-9-15-28(27)29)22-41-44(36,42-23-39-30(34)37-20-25-11-5-3-6-12-25)43-24-40-31(35)38-21-26-13-7-4-8-14-26/h3-16,19H,17-18,20-24H2,1-2H3. The van der Waals surface area contributed by atoms with Gasteiger partial charge in [0.05, 0.1) is 5.52 Å². The number of phosphoric acid groups is 1. The van der Waals surface area contributed by atoms with Crippen molar-refractivity contribution in [1.29, 1.82) is 0 Å². The third-order valence-corrected chi connectivity index (χ3v) is 7.50. The van der Waals surface area contributed by atoms with Gasteiger partial charge in [0.1, 0.15) is 19.9 Å². The number of carbonyl (C=O) groups excluding carboxylic acids is 2. The van der Waals surface area contributed by atoms with Gasteiger partial charge in [-0.05, 0) is 43.3 Å². The number of phosphoric ester groups is 1. The van der Waals surface area contributed by atoms with Gasteiger partial charge in [-0.3, -0.25) is 4.52 Å². The monoisotopic (exact) mass is 626 g/mol. The van der Waals surface area contributed by atoms with Crippen LogP contribution in [0.2, 0.25) is 0 Å². The summed E-state index contributed by atoms with van der Waals surface area (Å²) in [5, 5.41) is 1.02. The first-order chi connectivity index (χ1) is 21.3. The summed E-state index contributed by atoms with van der Waals surface area (Å²) in [6.07, 6.45) is 0.572. The molecule has 0 bridgehead atoms. The minimum Gasteiger partial charge on any atom is -0.429 e. The molecular weight excluding hydrogens is 591 g/mol. The zero-order chi connectivity index (χ0) is 31.2. The van der Waals surface area contributed by atoms with Crippen molar-refractivity contribution in [2.24, 2.45) is 0 Å². The van der Waals surface area contributed by atoms with Crippen molar-refractivity contribution < 1.29 is 46.7 Å². The Hall–Kier alpha value is -4.19. The molecule has 0 atom stereocenters. The van der Waals surface area contributed by atoms with Gasteiger partial charge < -0.3 is 28.4 Å². The van der Waals surface area contributed by atoms with Gasteiger partial charge >= 0.3 is 20.1 Å². The second-order valence-electron chi connectivity index (χ2n) is 9.73. The Morgan fingerprint density at radius 1 is 0.705 bits per heavy atom. The second kappa shape index (κ2) is 16.6. The van der Waals surface area contributed by atoms with Crippen LogP contribution in [0.5, 0.6) is 0 Å². The van der Waals surface area contributed by atoms with E-state index in [-0.39, 0.29) is 19.9 Å². The van der Waals surface area contributed by atoms with Gasteiger partial charge in [-0.25, -0.2) is 23.2 Å². The largest absolute Gasteiger partial charge is 0.510 e. The molecule has 0 N–H and O–H groups in total. The topological polar surface area (TPSA) is 124 Å². The summed E-state index contributed by atoms with van der Waals surface area (Å²) in [6, 6.07) is 25.7. The smallest absolute Gasteiger partial charge is 0.429 e. The van der Waals surface area contributed by atoms with Crippen LogP contribution in [0.4, 0.5) is 9.59 Å². The number of nitrogens with zero attached hydrogens (tertiary/aromatic N) is 2. The highest BCUT2D eigenvalue weighted by molar-refractivity contribution is 7.48. The Bertz CT molecular complexity index is 1460. The lowest BCUT2D eigenvalue weighted by Crippen LogP contribution is -2.15. The molecule has 0 saturated heterocycles. The maximum absolute atomic E-state index is 13.5. The molecule has 13 heteroatoms. The van der Waals surface area contributed by atoms with Crippen molar-refractivity contribution in [3.8, 4) is 0 Å². The predicted octanol–water partition coefficient (Wildman–Crippen LogP) is 6.48. The van der Waals surface area contributed by atoms with Gasteiger partial charge in [0.25, 0.3) is 0 Å². The lowest BCUT2D eigenvalue weighted by atomic mass is 10.1. The van der Waals surface area contributed by atoms with Crippen LogP contribution in [0.3, 0.4) is 0 Å². The molecule has 4 aromatic rings. The molecule has 0 aliphatic rings. The van der Waals surface area contributed by atoms with Crippen molar-refractivity contribution in [2.75, 3.05) is 34.2 Å². The number of fused-ring (bicyclic) bond motifs is 1. The highest BCUT2D eigenvalue weighted by atomic mass is 31.2. The summed E-state index contributed by atoms with van der Waals surface area (Å²) in [7, 11) is -0.461. The highest BCUT2D eigenvalue weighted by Crippen LogP contribution is 2.50. The average Bonchev–Trinajstić information content (AvgIpc) is 3.39. The number of hydrogen-bond donors (Lipinski definition) is 0. The van der Waals surface area contributed by atoms with Gasteiger partial charge in [0, 0.05) is 18.1 Å². The van der Waals surface area contributed by atoms with Gasteiger partial charge in [-0.1, -0.05) is 78.9 Å². The van der Waals surface area contributed by atoms with Crippen LogP contribution in [-0.4, -0.2) is 56.0 Å². The fraction of sp³-hybridized carbons (Fsp3) is 0.290. The van der Waals surface area contributed by atoms with Gasteiger partial charge in [-0.15, -0.1) is 0 Å². The van der Waals surface area contributed by atoms with Crippen molar-refractivity contribution in [3.05, 3.63) is 108 Å².